The minimum absolute atomic E-state index is 0.261. The van der Waals surface area contributed by atoms with E-state index < -0.39 is 0 Å². The van der Waals surface area contributed by atoms with E-state index in [4.69, 9.17) is 9.47 Å². The summed E-state index contributed by atoms with van der Waals surface area (Å²) in [7, 11) is 0. The summed E-state index contributed by atoms with van der Waals surface area (Å²) in [5.41, 5.74) is 7.16. The Morgan fingerprint density at radius 1 is 0.909 bits per heavy atom. The van der Waals surface area contributed by atoms with Crippen LogP contribution in [0.25, 0.3) is 0 Å². The molecule has 2 aromatic rings. The van der Waals surface area contributed by atoms with Crippen LogP contribution >= 0.6 is 0 Å². The summed E-state index contributed by atoms with van der Waals surface area (Å²) in [6.07, 6.45) is 0. The maximum absolute atomic E-state index is 6.55. The van der Waals surface area contributed by atoms with Gasteiger partial charge in [0.25, 0.3) is 0 Å². The van der Waals surface area contributed by atoms with Crippen LogP contribution in [0.5, 0.6) is 11.5 Å². The van der Waals surface area contributed by atoms with E-state index in [0.29, 0.717) is 6.61 Å². The molecule has 0 spiro atoms. The normalized spacial score (nSPS) is 24.9. The maximum atomic E-state index is 6.55. The van der Waals surface area contributed by atoms with Crippen LogP contribution in [-0.4, -0.2) is 6.61 Å². The third-order valence-electron chi connectivity index (χ3n) is 5.67. The quantitative estimate of drug-likeness (QED) is 0.701. The van der Waals surface area contributed by atoms with Gasteiger partial charge in [-0.25, -0.2) is 0 Å². The molecule has 4 rings (SSSR count). The zero-order valence-corrected chi connectivity index (χ0v) is 13.9. The summed E-state index contributed by atoms with van der Waals surface area (Å²) in [4.78, 5) is 0. The van der Waals surface area contributed by atoms with Crippen molar-refractivity contribution in [3.63, 3.8) is 0 Å². The van der Waals surface area contributed by atoms with Crippen LogP contribution in [-0.2, 0) is 5.60 Å². The first kappa shape index (κ1) is 13.7. The minimum atomic E-state index is -0.326. The standard InChI is InChI=1S/C20H22O2/c1-11-6-8-15-17-10-21-19-14(4)12(2)7-9-16(19)20(17,5)22-18(15)13(11)3/h6-9,17H,10H2,1-5H3. The Balaban J connectivity index is 1.93. The van der Waals surface area contributed by atoms with Crippen molar-refractivity contribution in [2.75, 3.05) is 6.61 Å². The molecule has 2 nitrogen and oxygen atoms in total. The van der Waals surface area contributed by atoms with E-state index in [0.717, 1.165) is 11.5 Å². The Morgan fingerprint density at radius 3 is 2.27 bits per heavy atom. The number of ether oxygens (including phenoxy) is 2. The van der Waals surface area contributed by atoms with E-state index >= 15 is 0 Å². The molecular formula is C20H22O2. The van der Waals surface area contributed by atoms with Crippen LogP contribution in [0.4, 0.5) is 0 Å². The molecule has 114 valence electrons. The van der Waals surface area contributed by atoms with Crippen LogP contribution in [0.15, 0.2) is 24.3 Å². The van der Waals surface area contributed by atoms with E-state index in [-0.39, 0.29) is 11.5 Å². The van der Waals surface area contributed by atoms with Crippen molar-refractivity contribution < 1.29 is 9.47 Å². The molecule has 0 saturated carbocycles. The van der Waals surface area contributed by atoms with Gasteiger partial charge in [0.05, 0.1) is 12.5 Å². The van der Waals surface area contributed by atoms with Crippen LogP contribution < -0.4 is 9.47 Å². The fourth-order valence-electron chi connectivity index (χ4n) is 3.83. The summed E-state index contributed by atoms with van der Waals surface area (Å²) in [5, 5.41) is 0. The van der Waals surface area contributed by atoms with Crippen molar-refractivity contribution in [1.29, 1.82) is 0 Å². The average molecular weight is 294 g/mol. The molecule has 0 saturated heterocycles. The maximum Gasteiger partial charge on any atom is 0.145 e. The molecule has 2 aromatic carbocycles. The first-order valence-electron chi connectivity index (χ1n) is 7.96. The van der Waals surface area contributed by atoms with Gasteiger partial charge in [-0.3, -0.25) is 0 Å². The molecule has 2 heteroatoms. The predicted molar refractivity (Wildman–Crippen MR) is 88.0 cm³/mol. The zero-order valence-electron chi connectivity index (χ0n) is 13.9. The smallest absolute Gasteiger partial charge is 0.145 e. The third kappa shape index (κ3) is 1.55. The lowest BCUT2D eigenvalue weighted by Crippen LogP contribution is -2.39. The van der Waals surface area contributed by atoms with Gasteiger partial charge < -0.3 is 9.47 Å². The van der Waals surface area contributed by atoms with Gasteiger partial charge in [-0.15, -0.1) is 0 Å². The lowest BCUT2D eigenvalue weighted by Gasteiger charge is -2.38. The second kappa shape index (κ2) is 4.28. The fraction of sp³-hybridized carbons (Fsp3) is 0.400. The number of fused-ring (bicyclic) bond motifs is 5. The highest BCUT2D eigenvalue weighted by molar-refractivity contribution is 5.58. The molecule has 0 aliphatic carbocycles. The molecule has 0 radical (unpaired) electrons. The van der Waals surface area contributed by atoms with Gasteiger partial charge in [-0.1, -0.05) is 24.3 Å². The molecule has 0 N–H and O–H groups in total. The Hall–Kier alpha value is -1.96. The monoisotopic (exact) mass is 294 g/mol. The number of hydrogen-bond acceptors (Lipinski definition) is 2. The number of rotatable bonds is 0. The summed E-state index contributed by atoms with van der Waals surface area (Å²) in [5.74, 6) is 2.33. The minimum Gasteiger partial charge on any atom is -0.492 e. The Kier molecular flexibility index (Phi) is 2.66. The molecular weight excluding hydrogens is 272 g/mol. The van der Waals surface area contributed by atoms with Crippen LogP contribution in [0.2, 0.25) is 0 Å². The lowest BCUT2D eigenvalue weighted by atomic mass is 9.77. The Labute approximate surface area is 132 Å². The van der Waals surface area contributed by atoms with Gasteiger partial charge in [0.2, 0.25) is 0 Å². The van der Waals surface area contributed by atoms with Gasteiger partial charge >= 0.3 is 0 Å². The van der Waals surface area contributed by atoms with Crippen molar-refractivity contribution in [3.05, 3.63) is 57.6 Å². The van der Waals surface area contributed by atoms with Crippen LogP contribution in [0.3, 0.4) is 0 Å². The summed E-state index contributed by atoms with van der Waals surface area (Å²) in [6, 6.07) is 8.76. The van der Waals surface area contributed by atoms with E-state index in [1.807, 2.05) is 0 Å². The van der Waals surface area contributed by atoms with Gasteiger partial charge in [0.1, 0.15) is 17.1 Å². The first-order valence-corrected chi connectivity index (χ1v) is 7.96. The third-order valence-corrected chi connectivity index (χ3v) is 5.67. The second-order valence-electron chi connectivity index (χ2n) is 6.88. The van der Waals surface area contributed by atoms with Gasteiger partial charge in [-0.2, -0.15) is 0 Å². The molecule has 2 unspecified atom stereocenters. The fourth-order valence-corrected chi connectivity index (χ4v) is 3.83. The largest absolute Gasteiger partial charge is 0.492 e. The summed E-state index contributed by atoms with van der Waals surface area (Å²) >= 11 is 0. The number of benzene rings is 2. The molecule has 0 bridgehead atoms. The topological polar surface area (TPSA) is 18.5 Å². The molecule has 2 heterocycles. The van der Waals surface area contributed by atoms with E-state index in [2.05, 4.69) is 58.9 Å². The van der Waals surface area contributed by atoms with Gasteiger partial charge in [0.15, 0.2) is 0 Å². The second-order valence-corrected chi connectivity index (χ2v) is 6.88. The van der Waals surface area contributed by atoms with Gasteiger partial charge in [-0.05, 0) is 56.9 Å². The number of aryl methyl sites for hydroxylation is 2. The van der Waals surface area contributed by atoms with Crippen molar-refractivity contribution in [1.82, 2.24) is 0 Å². The van der Waals surface area contributed by atoms with Crippen molar-refractivity contribution >= 4 is 0 Å². The number of hydrogen-bond donors (Lipinski definition) is 0. The molecule has 0 fully saturated rings. The molecule has 2 atom stereocenters. The highest BCUT2D eigenvalue weighted by Crippen LogP contribution is 2.56. The predicted octanol–water partition coefficient (Wildman–Crippen LogP) is 4.70. The average Bonchev–Trinajstić information content (AvgIpc) is 2.80. The highest BCUT2D eigenvalue weighted by Gasteiger charge is 2.51. The summed E-state index contributed by atoms with van der Waals surface area (Å²) in [6.45, 7) is 11.4. The van der Waals surface area contributed by atoms with Crippen LogP contribution in [0.1, 0.15) is 46.2 Å². The molecule has 0 aromatic heterocycles. The zero-order chi connectivity index (χ0) is 15.6. The highest BCUT2D eigenvalue weighted by atomic mass is 16.5. The summed E-state index contributed by atoms with van der Waals surface area (Å²) < 4.78 is 12.7. The first-order chi connectivity index (χ1) is 10.4. The SMILES string of the molecule is Cc1ccc2c(c1C)OC1(C)c3ccc(C)c(C)c3OCC21. The molecule has 2 aliphatic rings. The van der Waals surface area contributed by atoms with E-state index in [1.165, 1.54) is 33.4 Å². The van der Waals surface area contributed by atoms with Crippen molar-refractivity contribution in [3.8, 4) is 11.5 Å². The molecule has 22 heavy (non-hydrogen) atoms. The van der Waals surface area contributed by atoms with Crippen LogP contribution in [0, 0.1) is 27.7 Å². The van der Waals surface area contributed by atoms with E-state index in [1.54, 1.807) is 0 Å². The van der Waals surface area contributed by atoms with Crippen molar-refractivity contribution in [2.24, 2.45) is 0 Å². The van der Waals surface area contributed by atoms with Gasteiger partial charge in [0, 0.05) is 11.1 Å². The molecule has 2 aliphatic heterocycles. The Bertz CT molecular complexity index is 791. The molecule has 0 amide bonds. The van der Waals surface area contributed by atoms with E-state index in [9.17, 15) is 0 Å². The Morgan fingerprint density at radius 2 is 1.55 bits per heavy atom. The van der Waals surface area contributed by atoms with Crippen molar-refractivity contribution in [2.45, 2.75) is 46.1 Å². The lowest BCUT2D eigenvalue weighted by molar-refractivity contribution is 0.0426.